The van der Waals surface area contributed by atoms with E-state index in [9.17, 15) is 14.4 Å². The van der Waals surface area contributed by atoms with Crippen molar-refractivity contribution in [1.82, 2.24) is 10.2 Å². The molecule has 0 unspecified atom stereocenters. The Balaban J connectivity index is 1.47. The normalized spacial score (nSPS) is 28.1. The molecule has 2 saturated heterocycles. The van der Waals surface area contributed by atoms with E-state index in [2.05, 4.69) is 5.32 Å². The monoisotopic (exact) mass is 388 g/mol. The van der Waals surface area contributed by atoms with Crippen molar-refractivity contribution < 1.29 is 23.9 Å². The Morgan fingerprint density at radius 2 is 1.79 bits per heavy atom. The molecule has 0 aromatic heterocycles. The van der Waals surface area contributed by atoms with Crippen LogP contribution in [-0.2, 0) is 9.59 Å². The highest BCUT2D eigenvalue weighted by Crippen LogP contribution is 2.51. The van der Waals surface area contributed by atoms with E-state index in [-0.39, 0.29) is 30.4 Å². The van der Waals surface area contributed by atoms with E-state index in [4.69, 9.17) is 9.47 Å². The number of fused-ring (bicyclic) bond motifs is 6. The number of nitrogens with one attached hydrogen (secondary N) is 1. The van der Waals surface area contributed by atoms with Gasteiger partial charge in [-0.25, -0.2) is 0 Å². The third-order valence-electron chi connectivity index (χ3n) is 6.23. The number of amides is 2. The first-order valence-electron chi connectivity index (χ1n) is 9.46. The van der Waals surface area contributed by atoms with Gasteiger partial charge in [-0.3, -0.25) is 19.7 Å². The van der Waals surface area contributed by atoms with Crippen molar-refractivity contribution in [2.75, 3.05) is 6.79 Å². The van der Waals surface area contributed by atoms with Crippen LogP contribution in [0.5, 0.6) is 11.5 Å². The van der Waals surface area contributed by atoms with Crippen LogP contribution < -0.4 is 14.8 Å². The second kappa shape index (κ2) is 5.70. The van der Waals surface area contributed by atoms with Crippen LogP contribution in [0.2, 0.25) is 0 Å². The minimum Gasteiger partial charge on any atom is -0.454 e. The van der Waals surface area contributed by atoms with Gasteiger partial charge in [0.2, 0.25) is 18.6 Å². The zero-order chi connectivity index (χ0) is 19.7. The molecule has 4 atom stereocenters. The average Bonchev–Trinajstić information content (AvgIpc) is 3.41. The van der Waals surface area contributed by atoms with Crippen LogP contribution in [0.15, 0.2) is 48.7 Å². The van der Waals surface area contributed by atoms with Crippen molar-refractivity contribution >= 4 is 23.7 Å². The summed E-state index contributed by atoms with van der Waals surface area (Å²) in [5, 5.41) is 2.44. The lowest BCUT2D eigenvalue weighted by Gasteiger charge is -2.34. The lowest BCUT2D eigenvalue weighted by Crippen LogP contribution is -2.42. The molecule has 2 aromatic rings. The molecule has 7 nitrogen and oxygen atoms in total. The Labute approximate surface area is 165 Å². The number of ether oxygens (including phenoxy) is 2. The number of Topliss-reactive ketones (excluding diaryl/α,β-unsaturated/α-hetero) is 1. The predicted molar refractivity (Wildman–Crippen MR) is 101 cm³/mol. The smallest absolute Gasteiger partial charge is 0.233 e. The fraction of sp³-hybridized carbons (Fsp3) is 0.227. The number of ketones is 1. The standard InChI is InChI=1S/C22H16N2O5/c25-20(12-5-6-14-15(9-12)29-10-28-14)19-17-16(21(26)23-22(17)27)18-13-4-2-1-3-11(13)7-8-24(18)19/h1-9,16-19H,10H2,(H,23,26,27)/t16-,17+,18-,19+/m0/s1. The first-order chi connectivity index (χ1) is 14.1. The van der Waals surface area contributed by atoms with Gasteiger partial charge in [-0.2, -0.15) is 0 Å². The topological polar surface area (TPSA) is 84.9 Å². The molecule has 4 aliphatic rings. The van der Waals surface area contributed by atoms with Crippen LogP contribution in [0.4, 0.5) is 0 Å². The van der Waals surface area contributed by atoms with Gasteiger partial charge in [0, 0.05) is 11.8 Å². The van der Waals surface area contributed by atoms with Gasteiger partial charge < -0.3 is 14.4 Å². The Hall–Kier alpha value is -3.61. The van der Waals surface area contributed by atoms with E-state index in [0.717, 1.165) is 11.1 Å². The van der Waals surface area contributed by atoms with Gasteiger partial charge in [-0.15, -0.1) is 0 Å². The Morgan fingerprint density at radius 3 is 2.69 bits per heavy atom. The maximum atomic E-state index is 13.5. The molecule has 0 spiro atoms. The van der Waals surface area contributed by atoms with E-state index in [1.807, 2.05) is 41.4 Å². The molecule has 7 heteroatoms. The third-order valence-corrected chi connectivity index (χ3v) is 6.23. The Morgan fingerprint density at radius 1 is 1.00 bits per heavy atom. The second-order valence-corrected chi connectivity index (χ2v) is 7.62. The maximum Gasteiger partial charge on any atom is 0.233 e. The van der Waals surface area contributed by atoms with Gasteiger partial charge in [0.1, 0.15) is 6.04 Å². The zero-order valence-corrected chi connectivity index (χ0v) is 15.2. The van der Waals surface area contributed by atoms with Gasteiger partial charge in [0.25, 0.3) is 0 Å². The minimum absolute atomic E-state index is 0.117. The van der Waals surface area contributed by atoms with Gasteiger partial charge >= 0.3 is 0 Å². The number of imide groups is 1. The predicted octanol–water partition coefficient (Wildman–Crippen LogP) is 1.90. The summed E-state index contributed by atoms with van der Waals surface area (Å²) in [5.41, 5.74) is 2.38. The third kappa shape index (κ3) is 2.15. The summed E-state index contributed by atoms with van der Waals surface area (Å²) >= 11 is 0. The number of carbonyl (C=O) groups is 3. The molecule has 0 bridgehead atoms. The molecule has 0 radical (unpaired) electrons. The van der Waals surface area contributed by atoms with Crippen LogP contribution in [0.25, 0.3) is 6.08 Å². The molecular formula is C22H16N2O5. The lowest BCUT2D eigenvalue weighted by molar-refractivity contribution is -0.127. The summed E-state index contributed by atoms with van der Waals surface area (Å²) in [7, 11) is 0. The van der Waals surface area contributed by atoms with Crippen molar-refractivity contribution in [2.24, 2.45) is 11.8 Å². The largest absolute Gasteiger partial charge is 0.454 e. The Kier molecular flexibility index (Phi) is 3.21. The zero-order valence-electron chi connectivity index (χ0n) is 15.2. The summed E-state index contributed by atoms with van der Waals surface area (Å²) in [5.74, 6) is -1.16. The van der Waals surface area contributed by atoms with Crippen molar-refractivity contribution in [3.63, 3.8) is 0 Å². The molecule has 4 heterocycles. The van der Waals surface area contributed by atoms with Crippen molar-refractivity contribution in [1.29, 1.82) is 0 Å². The Bertz CT molecular complexity index is 1120. The first-order valence-corrected chi connectivity index (χ1v) is 9.46. The van der Waals surface area contributed by atoms with E-state index < -0.39 is 17.9 Å². The van der Waals surface area contributed by atoms with Gasteiger partial charge in [0.15, 0.2) is 17.3 Å². The van der Waals surface area contributed by atoms with Crippen LogP contribution >= 0.6 is 0 Å². The van der Waals surface area contributed by atoms with Crippen molar-refractivity contribution in [2.45, 2.75) is 12.1 Å². The molecule has 4 aliphatic heterocycles. The lowest BCUT2D eigenvalue weighted by atomic mass is 9.83. The molecule has 2 amide bonds. The second-order valence-electron chi connectivity index (χ2n) is 7.62. The molecule has 29 heavy (non-hydrogen) atoms. The fourth-order valence-corrected chi connectivity index (χ4v) is 4.99. The number of rotatable bonds is 2. The van der Waals surface area contributed by atoms with E-state index >= 15 is 0 Å². The van der Waals surface area contributed by atoms with Crippen LogP contribution in [0, 0.1) is 11.8 Å². The molecule has 6 rings (SSSR count). The summed E-state index contributed by atoms with van der Waals surface area (Å²) in [6.07, 6.45) is 3.76. The summed E-state index contributed by atoms with van der Waals surface area (Å²) in [6.45, 7) is 0.117. The average molecular weight is 388 g/mol. The number of hydrogen-bond acceptors (Lipinski definition) is 6. The summed E-state index contributed by atoms with van der Waals surface area (Å²) in [4.78, 5) is 40.8. The highest BCUT2D eigenvalue weighted by atomic mass is 16.7. The highest BCUT2D eigenvalue weighted by molar-refractivity contribution is 6.12. The molecule has 2 fully saturated rings. The van der Waals surface area contributed by atoms with E-state index in [0.29, 0.717) is 17.1 Å². The number of hydrogen-bond donors (Lipinski definition) is 1. The molecule has 0 saturated carbocycles. The molecular weight excluding hydrogens is 372 g/mol. The van der Waals surface area contributed by atoms with E-state index in [1.54, 1.807) is 18.2 Å². The van der Waals surface area contributed by atoms with Crippen LogP contribution in [0.3, 0.4) is 0 Å². The van der Waals surface area contributed by atoms with Crippen LogP contribution in [0.1, 0.15) is 27.5 Å². The van der Waals surface area contributed by atoms with Crippen LogP contribution in [-0.4, -0.2) is 35.3 Å². The maximum absolute atomic E-state index is 13.5. The molecule has 2 aromatic carbocycles. The number of carbonyl (C=O) groups excluding carboxylic acids is 3. The summed E-state index contributed by atoms with van der Waals surface area (Å²) in [6, 6.07) is 11.7. The first kappa shape index (κ1) is 16.4. The number of nitrogens with zero attached hydrogens (tertiary/aromatic N) is 1. The quantitative estimate of drug-likeness (QED) is 0.625. The highest BCUT2D eigenvalue weighted by Gasteiger charge is 2.61. The van der Waals surface area contributed by atoms with Crippen molar-refractivity contribution in [3.05, 3.63) is 65.4 Å². The van der Waals surface area contributed by atoms with Gasteiger partial charge in [-0.1, -0.05) is 24.3 Å². The van der Waals surface area contributed by atoms with E-state index in [1.165, 1.54) is 0 Å². The van der Waals surface area contributed by atoms with Gasteiger partial charge in [0.05, 0.1) is 17.9 Å². The summed E-state index contributed by atoms with van der Waals surface area (Å²) < 4.78 is 10.7. The SMILES string of the molecule is O=C1NC(=O)[C@H]2[C@@H]1[C@H](C(=O)c1ccc3c(c1)OCO3)N1C=Cc3ccccc3[C@@H]21. The molecule has 144 valence electrons. The molecule has 0 aliphatic carbocycles. The molecule has 1 N–H and O–H groups in total. The van der Waals surface area contributed by atoms with Crippen molar-refractivity contribution in [3.8, 4) is 11.5 Å². The number of benzene rings is 2. The fourth-order valence-electron chi connectivity index (χ4n) is 4.99. The van der Waals surface area contributed by atoms with Gasteiger partial charge in [-0.05, 0) is 35.4 Å². The minimum atomic E-state index is -0.763.